The first-order valence-electron chi connectivity index (χ1n) is 6.20. The van der Waals surface area contributed by atoms with Gasteiger partial charge in [0.05, 0.1) is 5.56 Å². The van der Waals surface area contributed by atoms with E-state index in [-0.39, 0.29) is 0 Å². The van der Waals surface area contributed by atoms with Gasteiger partial charge in [0.25, 0.3) is 5.91 Å². The average Bonchev–Trinajstić information content (AvgIpc) is 3.17. The molecule has 2 aliphatic rings. The molecule has 0 spiro atoms. The lowest BCUT2D eigenvalue weighted by Crippen LogP contribution is -2.21. The van der Waals surface area contributed by atoms with Gasteiger partial charge in [0, 0.05) is 12.7 Å². The summed E-state index contributed by atoms with van der Waals surface area (Å²) in [4.78, 5) is 15.4. The van der Waals surface area contributed by atoms with Crippen molar-refractivity contribution in [3.63, 3.8) is 0 Å². The van der Waals surface area contributed by atoms with Crippen molar-refractivity contribution >= 4 is 11.7 Å². The van der Waals surface area contributed by atoms with E-state index in [2.05, 4.69) is 10.3 Å². The summed E-state index contributed by atoms with van der Waals surface area (Å²) in [6, 6.07) is 3.45. The molecule has 2 fully saturated rings. The minimum atomic E-state index is -0.420. The van der Waals surface area contributed by atoms with E-state index in [0.29, 0.717) is 16.8 Å². The van der Waals surface area contributed by atoms with Crippen LogP contribution in [0.4, 0.5) is 5.82 Å². The monoisotopic (exact) mass is 231 g/mol. The first-order valence-corrected chi connectivity index (χ1v) is 6.20. The Kier molecular flexibility index (Phi) is 2.31. The highest BCUT2D eigenvalue weighted by atomic mass is 16.1. The largest absolute Gasteiger partial charge is 0.369 e. The predicted molar refractivity (Wildman–Crippen MR) is 65.6 cm³/mol. The predicted octanol–water partition coefficient (Wildman–Crippen LogP) is 1.78. The van der Waals surface area contributed by atoms with Gasteiger partial charge in [0.15, 0.2) is 0 Å². The maximum Gasteiger partial charge on any atom is 0.252 e. The number of hydrogen-bond donors (Lipinski definition) is 2. The number of rotatable bonds is 5. The van der Waals surface area contributed by atoms with E-state index in [4.69, 9.17) is 5.73 Å². The Bertz CT molecular complexity index is 450. The average molecular weight is 231 g/mol. The maximum atomic E-state index is 11.3. The van der Waals surface area contributed by atoms with Crippen molar-refractivity contribution < 1.29 is 4.79 Å². The van der Waals surface area contributed by atoms with Crippen LogP contribution in [0.2, 0.25) is 0 Å². The molecule has 0 saturated heterocycles. The number of primary amides is 1. The van der Waals surface area contributed by atoms with E-state index in [0.717, 1.165) is 12.5 Å². The van der Waals surface area contributed by atoms with Crippen LogP contribution in [0.3, 0.4) is 0 Å². The molecule has 0 aliphatic heterocycles. The van der Waals surface area contributed by atoms with Crippen LogP contribution in [0.15, 0.2) is 18.3 Å². The molecule has 0 radical (unpaired) electrons. The van der Waals surface area contributed by atoms with E-state index >= 15 is 0 Å². The minimum absolute atomic E-state index is 0.420. The Morgan fingerprint density at radius 2 is 2.29 bits per heavy atom. The molecule has 1 heterocycles. The number of nitrogens with zero attached hydrogens (tertiary/aromatic N) is 1. The van der Waals surface area contributed by atoms with Gasteiger partial charge in [0.2, 0.25) is 0 Å². The Morgan fingerprint density at radius 3 is 2.88 bits per heavy atom. The lowest BCUT2D eigenvalue weighted by Gasteiger charge is -2.16. The van der Waals surface area contributed by atoms with Crippen LogP contribution in [0.1, 0.15) is 36.0 Å². The summed E-state index contributed by atoms with van der Waals surface area (Å²) in [5.41, 5.74) is 6.30. The number of pyridine rings is 1. The van der Waals surface area contributed by atoms with Gasteiger partial charge in [-0.15, -0.1) is 0 Å². The summed E-state index contributed by atoms with van der Waals surface area (Å²) < 4.78 is 0. The lowest BCUT2D eigenvalue weighted by atomic mass is 10.0. The summed E-state index contributed by atoms with van der Waals surface area (Å²) in [7, 11) is 0. The number of nitrogens with one attached hydrogen (secondary N) is 1. The van der Waals surface area contributed by atoms with Gasteiger partial charge in [-0.1, -0.05) is 0 Å². The van der Waals surface area contributed by atoms with E-state index < -0.39 is 5.91 Å². The third kappa shape index (κ3) is 1.99. The maximum absolute atomic E-state index is 11.3. The summed E-state index contributed by atoms with van der Waals surface area (Å²) in [6.07, 6.45) is 7.04. The smallest absolute Gasteiger partial charge is 0.252 e. The molecule has 2 aliphatic carbocycles. The highest BCUT2D eigenvalue weighted by Crippen LogP contribution is 2.61. The molecule has 4 heteroatoms. The number of hydrogen-bond acceptors (Lipinski definition) is 3. The van der Waals surface area contributed by atoms with Crippen LogP contribution in [-0.2, 0) is 0 Å². The second-order valence-corrected chi connectivity index (χ2v) is 5.25. The standard InChI is InChI=1S/C13H17N3O/c14-11(17)10-2-1-7-15-12(10)16-8-13(5-6-13)9-3-4-9/h1-2,7,9H,3-6,8H2,(H2,14,17)(H,15,16). The number of nitrogens with two attached hydrogens (primary N) is 1. The summed E-state index contributed by atoms with van der Waals surface area (Å²) in [5, 5.41) is 3.31. The molecule has 1 aromatic rings. The second kappa shape index (κ2) is 3.72. The fourth-order valence-corrected chi connectivity index (χ4v) is 2.59. The van der Waals surface area contributed by atoms with Crippen LogP contribution in [0.25, 0.3) is 0 Å². The molecule has 2 saturated carbocycles. The fraction of sp³-hybridized carbons (Fsp3) is 0.538. The molecule has 0 bridgehead atoms. The Labute approximate surface area is 101 Å². The van der Waals surface area contributed by atoms with Gasteiger partial charge < -0.3 is 11.1 Å². The highest BCUT2D eigenvalue weighted by Gasteiger charge is 2.53. The molecule has 0 unspecified atom stereocenters. The summed E-state index contributed by atoms with van der Waals surface area (Å²) in [6.45, 7) is 0.926. The molecule has 0 aromatic carbocycles. The third-order valence-electron chi connectivity index (χ3n) is 4.02. The molecular formula is C13H17N3O. The van der Waals surface area contributed by atoms with Crippen molar-refractivity contribution in [1.29, 1.82) is 0 Å². The van der Waals surface area contributed by atoms with Crippen molar-refractivity contribution in [3.05, 3.63) is 23.9 Å². The molecule has 1 amide bonds. The number of carbonyl (C=O) groups is 1. The van der Waals surface area contributed by atoms with Gasteiger partial charge in [-0.25, -0.2) is 4.98 Å². The highest BCUT2D eigenvalue weighted by molar-refractivity contribution is 5.97. The number of carbonyl (C=O) groups excluding carboxylic acids is 1. The van der Waals surface area contributed by atoms with Gasteiger partial charge in [-0.05, 0) is 49.1 Å². The van der Waals surface area contributed by atoms with E-state index in [9.17, 15) is 4.79 Å². The van der Waals surface area contributed by atoms with Crippen molar-refractivity contribution in [2.45, 2.75) is 25.7 Å². The molecule has 0 atom stereocenters. The molecule has 17 heavy (non-hydrogen) atoms. The molecule has 4 nitrogen and oxygen atoms in total. The SMILES string of the molecule is NC(=O)c1cccnc1NCC1(C2CC2)CC1. The molecule has 90 valence electrons. The molecule has 3 rings (SSSR count). The third-order valence-corrected chi connectivity index (χ3v) is 4.02. The Morgan fingerprint density at radius 1 is 1.53 bits per heavy atom. The number of anilines is 1. The fourth-order valence-electron chi connectivity index (χ4n) is 2.59. The zero-order chi connectivity index (χ0) is 11.9. The van der Waals surface area contributed by atoms with E-state index in [1.54, 1.807) is 18.3 Å². The Balaban J connectivity index is 1.70. The topological polar surface area (TPSA) is 68.0 Å². The first-order chi connectivity index (χ1) is 8.21. The first kappa shape index (κ1) is 10.6. The molecule has 3 N–H and O–H groups in total. The zero-order valence-corrected chi connectivity index (χ0v) is 9.78. The van der Waals surface area contributed by atoms with Crippen LogP contribution < -0.4 is 11.1 Å². The van der Waals surface area contributed by atoms with E-state index in [1.807, 2.05) is 0 Å². The van der Waals surface area contributed by atoms with Crippen LogP contribution in [0.5, 0.6) is 0 Å². The van der Waals surface area contributed by atoms with Gasteiger partial charge in [-0.2, -0.15) is 0 Å². The number of aromatic nitrogens is 1. The quantitative estimate of drug-likeness (QED) is 0.811. The van der Waals surface area contributed by atoms with Crippen LogP contribution >= 0.6 is 0 Å². The number of amides is 1. The van der Waals surface area contributed by atoms with Crippen LogP contribution in [-0.4, -0.2) is 17.4 Å². The van der Waals surface area contributed by atoms with Crippen LogP contribution in [0, 0.1) is 11.3 Å². The Hall–Kier alpha value is -1.58. The summed E-state index contributed by atoms with van der Waals surface area (Å²) in [5.74, 6) is 1.11. The van der Waals surface area contributed by atoms with Gasteiger partial charge in [-0.3, -0.25) is 4.79 Å². The van der Waals surface area contributed by atoms with Gasteiger partial charge in [0.1, 0.15) is 5.82 Å². The molecule has 1 aromatic heterocycles. The zero-order valence-electron chi connectivity index (χ0n) is 9.78. The van der Waals surface area contributed by atoms with E-state index in [1.165, 1.54) is 25.7 Å². The normalized spacial score (nSPS) is 20.9. The van der Waals surface area contributed by atoms with Crippen molar-refractivity contribution in [1.82, 2.24) is 4.98 Å². The van der Waals surface area contributed by atoms with Gasteiger partial charge >= 0.3 is 0 Å². The lowest BCUT2D eigenvalue weighted by molar-refractivity contribution is 0.100. The van der Waals surface area contributed by atoms with Crippen molar-refractivity contribution in [3.8, 4) is 0 Å². The van der Waals surface area contributed by atoms with Crippen molar-refractivity contribution in [2.75, 3.05) is 11.9 Å². The minimum Gasteiger partial charge on any atom is -0.369 e. The van der Waals surface area contributed by atoms with Crippen molar-refractivity contribution in [2.24, 2.45) is 17.1 Å². The molecular weight excluding hydrogens is 214 g/mol. The second-order valence-electron chi connectivity index (χ2n) is 5.25. The summed E-state index contributed by atoms with van der Waals surface area (Å²) >= 11 is 0.